The molecule has 0 fully saturated rings. The highest BCUT2D eigenvalue weighted by Gasteiger charge is 2.09. The summed E-state index contributed by atoms with van der Waals surface area (Å²) in [6.45, 7) is 4.41. The van der Waals surface area contributed by atoms with Crippen LogP contribution in [0, 0.1) is 0 Å². The molecule has 0 atom stereocenters. The Balaban J connectivity index is 1.92. The zero-order valence-electron chi connectivity index (χ0n) is 12.9. The van der Waals surface area contributed by atoms with Crippen LogP contribution in [0.1, 0.15) is 29.9 Å². The Bertz CT molecular complexity index is 692. The van der Waals surface area contributed by atoms with Gasteiger partial charge in [-0.1, -0.05) is 29.3 Å². The van der Waals surface area contributed by atoms with Crippen LogP contribution in [0.4, 0.5) is 5.95 Å². The highest BCUT2D eigenvalue weighted by atomic mass is 35.5. The second-order valence-electron chi connectivity index (χ2n) is 5.31. The van der Waals surface area contributed by atoms with Crippen molar-refractivity contribution in [3.05, 3.63) is 51.8 Å². The van der Waals surface area contributed by atoms with Crippen LogP contribution in [0.2, 0.25) is 10.0 Å². The molecular weight excluding hydrogens is 335 g/mol. The first kappa shape index (κ1) is 17.5. The van der Waals surface area contributed by atoms with Gasteiger partial charge >= 0.3 is 0 Å². The van der Waals surface area contributed by atoms with E-state index in [9.17, 15) is 4.79 Å². The van der Waals surface area contributed by atoms with E-state index in [1.165, 1.54) is 0 Å². The molecule has 0 spiro atoms. The average Bonchev–Trinajstić information content (AvgIpc) is 2.49. The van der Waals surface area contributed by atoms with Gasteiger partial charge in [-0.2, -0.15) is 0 Å². The van der Waals surface area contributed by atoms with E-state index < -0.39 is 0 Å². The monoisotopic (exact) mass is 352 g/mol. The summed E-state index contributed by atoms with van der Waals surface area (Å²) >= 11 is 12.0. The lowest BCUT2D eigenvalue weighted by Crippen LogP contribution is -2.27. The molecule has 2 rings (SSSR count). The van der Waals surface area contributed by atoms with Gasteiger partial charge in [0.1, 0.15) is 5.69 Å². The van der Waals surface area contributed by atoms with Crippen molar-refractivity contribution in [3.8, 4) is 0 Å². The van der Waals surface area contributed by atoms with Crippen LogP contribution in [0.5, 0.6) is 0 Å². The number of nitrogens with one attached hydrogen (secondary N) is 2. The summed E-state index contributed by atoms with van der Waals surface area (Å²) in [5, 5.41) is 7.07. The van der Waals surface area contributed by atoms with Crippen LogP contribution in [-0.2, 0) is 6.42 Å². The quantitative estimate of drug-likeness (QED) is 0.833. The third-order valence-electron chi connectivity index (χ3n) is 3.00. The lowest BCUT2D eigenvalue weighted by atomic mass is 10.1. The van der Waals surface area contributed by atoms with E-state index in [0.29, 0.717) is 34.7 Å². The Morgan fingerprint density at radius 1 is 1.26 bits per heavy atom. The van der Waals surface area contributed by atoms with Crippen molar-refractivity contribution < 1.29 is 4.79 Å². The van der Waals surface area contributed by atoms with Gasteiger partial charge in [0.05, 0.1) is 0 Å². The predicted molar refractivity (Wildman–Crippen MR) is 93.3 cm³/mol. The molecule has 0 unspecified atom stereocenters. The molecule has 0 radical (unpaired) electrons. The lowest BCUT2D eigenvalue weighted by molar-refractivity contribution is 0.0949. The van der Waals surface area contributed by atoms with Crippen LogP contribution >= 0.6 is 23.2 Å². The molecular formula is C16H18Cl2N4O. The Labute approximate surface area is 145 Å². The Hall–Kier alpha value is -1.85. The number of carbonyl (C=O) groups excluding carboxylic acids is 1. The maximum atomic E-state index is 12.1. The van der Waals surface area contributed by atoms with Gasteiger partial charge in [-0.25, -0.2) is 9.97 Å². The number of hydrogen-bond acceptors (Lipinski definition) is 4. The normalized spacial score (nSPS) is 10.7. The maximum Gasteiger partial charge on any atom is 0.270 e. The summed E-state index contributed by atoms with van der Waals surface area (Å²) in [5.74, 6) is 0.192. The van der Waals surface area contributed by atoms with Crippen molar-refractivity contribution in [1.29, 1.82) is 0 Å². The van der Waals surface area contributed by atoms with E-state index in [1.807, 2.05) is 19.9 Å². The third kappa shape index (κ3) is 5.37. The molecule has 0 aliphatic carbocycles. The number of amides is 1. The van der Waals surface area contributed by atoms with Gasteiger partial charge < -0.3 is 10.6 Å². The van der Waals surface area contributed by atoms with E-state index in [-0.39, 0.29) is 11.9 Å². The lowest BCUT2D eigenvalue weighted by Gasteiger charge is -2.09. The number of hydrogen-bond donors (Lipinski definition) is 2. The van der Waals surface area contributed by atoms with Gasteiger partial charge in [0.25, 0.3) is 5.91 Å². The molecule has 1 aromatic heterocycles. The number of carbonyl (C=O) groups is 1. The fraction of sp³-hybridized carbons (Fsp3) is 0.312. The Morgan fingerprint density at radius 3 is 2.74 bits per heavy atom. The molecule has 2 N–H and O–H groups in total. The van der Waals surface area contributed by atoms with Crippen LogP contribution in [0.25, 0.3) is 0 Å². The molecule has 7 heteroatoms. The van der Waals surface area contributed by atoms with E-state index in [0.717, 1.165) is 5.56 Å². The first-order valence-corrected chi connectivity index (χ1v) is 8.03. The smallest absolute Gasteiger partial charge is 0.270 e. The molecule has 23 heavy (non-hydrogen) atoms. The second kappa shape index (κ2) is 8.13. The molecule has 0 bridgehead atoms. The van der Waals surface area contributed by atoms with Crippen LogP contribution in [0.15, 0.2) is 30.5 Å². The number of rotatable bonds is 6. The number of benzene rings is 1. The van der Waals surface area contributed by atoms with Crippen molar-refractivity contribution >= 4 is 35.1 Å². The highest BCUT2D eigenvalue weighted by Crippen LogP contribution is 2.21. The summed E-state index contributed by atoms with van der Waals surface area (Å²) in [5.41, 5.74) is 1.26. The van der Waals surface area contributed by atoms with Gasteiger partial charge in [-0.05, 0) is 44.0 Å². The SMILES string of the molecule is CC(C)Nc1nccc(C(=O)NCCc2ccc(Cl)cc2Cl)n1. The predicted octanol–water partition coefficient (Wildman–Crippen LogP) is 3.58. The van der Waals surface area contributed by atoms with Gasteiger partial charge in [0.2, 0.25) is 5.95 Å². The van der Waals surface area contributed by atoms with Gasteiger partial charge in [0, 0.05) is 28.8 Å². The summed E-state index contributed by atoms with van der Waals surface area (Å²) in [7, 11) is 0. The second-order valence-corrected chi connectivity index (χ2v) is 6.15. The number of nitrogens with zero attached hydrogens (tertiary/aromatic N) is 2. The Kier molecular flexibility index (Phi) is 6.19. The maximum absolute atomic E-state index is 12.1. The zero-order chi connectivity index (χ0) is 16.8. The van der Waals surface area contributed by atoms with Crippen molar-refractivity contribution in [2.45, 2.75) is 26.3 Å². The highest BCUT2D eigenvalue weighted by molar-refractivity contribution is 6.35. The van der Waals surface area contributed by atoms with Gasteiger partial charge in [-0.3, -0.25) is 4.79 Å². The van der Waals surface area contributed by atoms with E-state index in [4.69, 9.17) is 23.2 Å². The molecule has 0 saturated heterocycles. The molecule has 0 aliphatic heterocycles. The number of anilines is 1. The van der Waals surface area contributed by atoms with Crippen LogP contribution < -0.4 is 10.6 Å². The topological polar surface area (TPSA) is 66.9 Å². The third-order valence-corrected chi connectivity index (χ3v) is 3.59. The van der Waals surface area contributed by atoms with Crippen molar-refractivity contribution in [1.82, 2.24) is 15.3 Å². The molecule has 1 heterocycles. The minimum Gasteiger partial charge on any atom is -0.352 e. The molecule has 1 aromatic carbocycles. The van der Waals surface area contributed by atoms with E-state index >= 15 is 0 Å². The summed E-state index contributed by atoms with van der Waals surface area (Å²) in [6.07, 6.45) is 2.17. The number of aromatic nitrogens is 2. The summed E-state index contributed by atoms with van der Waals surface area (Å²) < 4.78 is 0. The largest absolute Gasteiger partial charge is 0.352 e. The molecule has 2 aromatic rings. The summed E-state index contributed by atoms with van der Waals surface area (Å²) in [4.78, 5) is 20.4. The molecule has 0 aliphatic rings. The summed E-state index contributed by atoms with van der Waals surface area (Å²) in [6, 6.07) is 7.09. The first-order valence-electron chi connectivity index (χ1n) is 7.27. The van der Waals surface area contributed by atoms with Crippen LogP contribution in [-0.4, -0.2) is 28.5 Å². The fourth-order valence-corrected chi connectivity index (χ4v) is 2.44. The molecule has 1 amide bonds. The minimum atomic E-state index is -0.246. The molecule has 5 nitrogen and oxygen atoms in total. The number of halogens is 2. The molecule has 0 saturated carbocycles. The molecule has 122 valence electrons. The first-order chi connectivity index (χ1) is 11.0. The van der Waals surface area contributed by atoms with E-state index in [2.05, 4.69) is 20.6 Å². The van der Waals surface area contributed by atoms with Crippen molar-refractivity contribution in [2.24, 2.45) is 0 Å². The minimum absolute atomic E-state index is 0.195. The zero-order valence-corrected chi connectivity index (χ0v) is 14.4. The fourth-order valence-electron chi connectivity index (χ4n) is 1.94. The van der Waals surface area contributed by atoms with Crippen molar-refractivity contribution in [2.75, 3.05) is 11.9 Å². The van der Waals surface area contributed by atoms with Crippen LogP contribution in [0.3, 0.4) is 0 Å². The van der Waals surface area contributed by atoms with Gasteiger partial charge in [-0.15, -0.1) is 0 Å². The Morgan fingerprint density at radius 2 is 2.04 bits per heavy atom. The van der Waals surface area contributed by atoms with Gasteiger partial charge in [0.15, 0.2) is 0 Å². The van der Waals surface area contributed by atoms with E-state index in [1.54, 1.807) is 24.4 Å². The average molecular weight is 353 g/mol. The standard InChI is InChI=1S/C16H18Cl2N4O/c1-10(2)21-16-20-8-6-14(22-16)15(23)19-7-5-11-3-4-12(17)9-13(11)18/h3-4,6,8-10H,5,7H2,1-2H3,(H,19,23)(H,20,21,22). The van der Waals surface area contributed by atoms with Crippen molar-refractivity contribution in [3.63, 3.8) is 0 Å².